The van der Waals surface area contributed by atoms with Crippen molar-refractivity contribution in [1.29, 1.82) is 0 Å². The molecule has 5 heteroatoms. The second-order valence-corrected chi connectivity index (χ2v) is 6.94. The molecule has 0 aromatic heterocycles. The molecule has 120 valence electrons. The number of rotatable bonds is 4. The first kappa shape index (κ1) is 15.5. The first-order valence-corrected chi connectivity index (χ1v) is 8.17. The maximum Gasteiger partial charge on any atom is 0.304 e. The molecule has 2 aliphatic rings. The van der Waals surface area contributed by atoms with Crippen LogP contribution < -0.4 is 9.47 Å². The number of carboxylic acid groups (broad SMARTS) is 1. The number of benzene rings is 1. The van der Waals surface area contributed by atoms with Crippen molar-refractivity contribution in [3.8, 4) is 11.5 Å². The molecule has 0 spiro atoms. The van der Waals surface area contributed by atoms with Gasteiger partial charge in [0.2, 0.25) is 0 Å². The van der Waals surface area contributed by atoms with Gasteiger partial charge in [-0.15, -0.1) is 0 Å². The van der Waals surface area contributed by atoms with Gasteiger partial charge in [0.1, 0.15) is 0 Å². The van der Waals surface area contributed by atoms with E-state index in [1.165, 1.54) is 0 Å². The fraction of sp³-hybridized carbons (Fsp3) is 0.588. The molecular formula is C17H21ClO4. The van der Waals surface area contributed by atoms with Gasteiger partial charge in [0.25, 0.3) is 0 Å². The number of aliphatic carboxylic acids is 1. The lowest BCUT2D eigenvalue weighted by Crippen LogP contribution is -2.17. The highest BCUT2D eigenvalue weighted by molar-refractivity contribution is 6.32. The van der Waals surface area contributed by atoms with Crippen molar-refractivity contribution in [2.24, 2.45) is 0 Å². The van der Waals surface area contributed by atoms with Crippen LogP contribution in [0.25, 0.3) is 0 Å². The number of carboxylic acids is 1. The molecule has 3 rings (SSSR count). The molecule has 0 amide bonds. The third-order valence-electron chi connectivity index (χ3n) is 4.48. The predicted octanol–water partition coefficient (Wildman–Crippen LogP) is 4.13. The summed E-state index contributed by atoms with van der Waals surface area (Å²) in [7, 11) is 0. The van der Waals surface area contributed by atoms with E-state index in [1.807, 2.05) is 0 Å². The molecule has 1 aliphatic carbocycles. The largest absolute Gasteiger partial charge is 0.489 e. The van der Waals surface area contributed by atoms with Gasteiger partial charge in [-0.1, -0.05) is 25.4 Å². The van der Waals surface area contributed by atoms with Crippen LogP contribution in [0.1, 0.15) is 56.6 Å². The van der Waals surface area contributed by atoms with Crippen LogP contribution in [0.4, 0.5) is 0 Å². The summed E-state index contributed by atoms with van der Waals surface area (Å²) in [5.74, 6) is 0.843. The first-order valence-electron chi connectivity index (χ1n) is 7.79. The van der Waals surface area contributed by atoms with Gasteiger partial charge in [-0.25, -0.2) is 0 Å². The highest BCUT2D eigenvalue weighted by Gasteiger charge is 2.49. The van der Waals surface area contributed by atoms with Gasteiger partial charge in [0.05, 0.1) is 19.6 Å². The van der Waals surface area contributed by atoms with Gasteiger partial charge in [-0.2, -0.15) is 0 Å². The third kappa shape index (κ3) is 2.65. The van der Waals surface area contributed by atoms with Crippen molar-refractivity contribution in [1.82, 2.24) is 0 Å². The Morgan fingerprint density at radius 1 is 1.36 bits per heavy atom. The highest BCUT2D eigenvalue weighted by Crippen LogP contribution is 2.58. The number of fused-ring (bicyclic) bond motifs is 1. The van der Waals surface area contributed by atoms with Crippen LogP contribution in [-0.4, -0.2) is 24.3 Å². The Morgan fingerprint density at radius 2 is 2.05 bits per heavy atom. The molecule has 0 radical (unpaired) electrons. The van der Waals surface area contributed by atoms with Gasteiger partial charge in [0.15, 0.2) is 11.5 Å². The maximum atomic E-state index is 11.3. The van der Waals surface area contributed by atoms with Crippen LogP contribution in [0.5, 0.6) is 11.5 Å². The molecule has 1 aromatic rings. The van der Waals surface area contributed by atoms with E-state index >= 15 is 0 Å². The van der Waals surface area contributed by atoms with Gasteiger partial charge in [0, 0.05) is 28.5 Å². The lowest BCUT2D eigenvalue weighted by atomic mass is 9.83. The standard InChI is InChI=1S/C17H21ClO4/c1-10(2)14-15(17(4-5-17)9-13(19)20)11(18)8-12-16(14)22-7-3-6-21-12/h8,10H,3-7,9H2,1-2H3,(H,19,20). The van der Waals surface area contributed by atoms with Crippen LogP contribution in [-0.2, 0) is 10.2 Å². The fourth-order valence-corrected chi connectivity index (χ4v) is 3.75. The van der Waals surface area contributed by atoms with E-state index in [0.29, 0.717) is 24.0 Å². The number of hydrogen-bond acceptors (Lipinski definition) is 3. The zero-order valence-corrected chi connectivity index (χ0v) is 13.7. The van der Waals surface area contributed by atoms with E-state index in [-0.39, 0.29) is 17.8 Å². The minimum Gasteiger partial charge on any atom is -0.489 e. The Labute approximate surface area is 135 Å². The van der Waals surface area contributed by atoms with Crippen molar-refractivity contribution in [3.63, 3.8) is 0 Å². The summed E-state index contributed by atoms with van der Waals surface area (Å²) in [5.41, 5.74) is 1.63. The van der Waals surface area contributed by atoms with Crippen molar-refractivity contribution in [2.75, 3.05) is 13.2 Å². The maximum absolute atomic E-state index is 11.3. The second kappa shape index (κ2) is 5.65. The van der Waals surface area contributed by atoms with Crippen LogP contribution in [0, 0.1) is 0 Å². The van der Waals surface area contributed by atoms with Crippen molar-refractivity contribution in [2.45, 2.75) is 50.9 Å². The first-order chi connectivity index (χ1) is 10.4. The number of halogens is 1. The molecule has 0 bridgehead atoms. The summed E-state index contributed by atoms with van der Waals surface area (Å²) in [4.78, 5) is 11.3. The van der Waals surface area contributed by atoms with Gasteiger partial charge < -0.3 is 14.6 Å². The van der Waals surface area contributed by atoms with Crippen molar-refractivity contribution in [3.05, 3.63) is 22.2 Å². The minimum atomic E-state index is -0.782. The lowest BCUT2D eigenvalue weighted by molar-refractivity contribution is -0.137. The molecule has 1 aromatic carbocycles. The van der Waals surface area contributed by atoms with Crippen molar-refractivity contribution < 1.29 is 19.4 Å². The predicted molar refractivity (Wildman–Crippen MR) is 84.3 cm³/mol. The Kier molecular flexibility index (Phi) is 3.98. The van der Waals surface area contributed by atoms with Crippen molar-refractivity contribution >= 4 is 17.6 Å². The molecule has 0 unspecified atom stereocenters. The van der Waals surface area contributed by atoms with Gasteiger partial charge >= 0.3 is 5.97 Å². The van der Waals surface area contributed by atoms with Crippen LogP contribution in [0.15, 0.2) is 6.07 Å². The number of ether oxygens (including phenoxy) is 2. The normalized spacial score (nSPS) is 18.9. The summed E-state index contributed by atoms with van der Waals surface area (Å²) < 4.78 is 11.7. The summed E-state index contributed by atoms with van der Waals surface area (Å²) in [6, 6.07) is 1.80. The molecule has 1 heterocycles. The van der Waals surface area contributed by atoms with E-state index in [4.69, 9.17) is 21.1 Å². The van der Waals surface area contributed by atoms with Crippen LogP contribution in [0.2, 0.25) is 5.02 Å². The summed E-state index contributed by atoms with van der Waals surface area (Å²) in [6.07, 6.45) is 2.67. The topological polar surface area (TPSA) is 55.8 Å². The Bertz CT molecular complexity index is 605. The molecule has 22 heavy (non-hydrogen) atoms. The van der Waals surface area contributed by atoms with E-state index in [2.05, 4.69) is 13.8 Å². The summed E-state index contributed by atoms with van der Waals surface area (Å²) in [6.45, 7) is 5.39. The molecule has 1 aliphatic heterocycles. The molecule has 4 nitrogen and oxygen atoms in total. The van der Waals surface area contributed by atoms with E-state index < -0.39 is 5.97 Å². The van der Waals surface area contributed by atoms with E-state index in [9.17, 15) is 9.90 Å². The third-order valence-corrected chi connectivity index (χ3v) is 4.78. The SMILES string of the molecule is CC(C)c1c2c(cc(Cl)c1C1(CC(=O)O)CC1)OCCCO2. The zero-order valence-electron chi connectivity index (χ0n) is 12.9. The highest BCUT2D eigenvalue weighted by atomic mass is 35.5. The molecule has 1 N–H and O–H groups in total. The quantitative estimate of drug-likeness (QED) is 0.904. The van der Waals surface area contributed by atoms with Crippen LogP contribution >= 0.6 is 11.6 Å². The molecule has 0 atom stereocenters. The zero-order chi connectivity index (χ0) is 15.9. The Balaban J connectivity index is 2.17. The fourth-order valence-electron chi connectivity index (χ4n) is 3.34. The van der Waals surface area contributed by atoms with E-state index in [0.717, 1.165) is 36.1 Å². The van der Waals surface area contributed by atoms with Crippen LogP contribution in [0.3, 0.4) is 0 Å². The molecular weight excluding hydrogens is 304 g/mol. The molecule has 0 saturated heterocycles. The lowest BCUT2D eigenvalue weighted by Gasteiger charge is -2.25. The molecule has 1 fully saturated rings. The smallest absolute Gasteiger partial charge is 0.304 e. The second-order valence-electron chi connectivity index (χ2n) is 6.53. The summed E-state index contributed by atoms with van der Waals surface area (Å²) in [5, 5.41) is 9.86. The number of carbonyl (C=O) groups is 1. The minimum absolute atomic E-state index is 0.117. The Hall–Kier alpha value is -1.42. The van der Waals surface area contributed by atoms with Gasteiger partial charge in [-0.05, 0) is 24.3 Å². The summed E-state index contributed by atoms with van der Waals surface area (Å²) >= 11 is 6.54. The van der Waals surface area contributed by atoms with E-state index in [1.54, 1.807) is 6.07 Å². The Morgan fingerprint density at radius 3 is 2.64 bits per heavy atom. The van der Waals surface area contributed by atoms with Gasteiger partial charge in [-0.3, -0.25) is 4.79 Å². The monoisotopic (exact) mass is 324 g/mol. The molecule has 1 saturated carbocycles. The average molecular weight is 325 g/mol. The average Bonchev–Trinajstić information content (AvgIpc) is 3.20. The number of hydrogen-bond donors (Lipinski definition) is 1.